The molecule has 38 heavy (non-hydrogen) atoms. The molecule has 2 aliphatic rings. The summed E-state index contributed by atoms with van der Waals surface area (Å²) in [4.78, 5) is 6.59. The molecule has 0 saturated carbocycles. The third kappa shape index (κ3) is 4.60. The van der Waals surface area contributed by atoms with E-state index in [0.29, 0.717) is 31.7 Å². The molecule has 0 aliphatic carbocycles. The summed E-state index contributed by atoms with van der Waals surface area (Å²) in [7, 11) is -3.42. The van der Waals surface area contributed by atoms with Crippen LogP contribution in [-0.2, 0) is 29.5 Å². The molecule has 1 saturated heterocycles. The van der Waals surface area contributed by atoms with Crippen LogP contribution >= 0.6 is 0 Å². The van der Waals surface area contributed by atoms with Gasteiger partial charge in [-0.3, -0.25) is 9.88 Å². The summed E-state index contributed by atoms with van der Waals surface area (Å²) in [5, 5.41) is 9.44. The zero-order chi connectivity index (χ0) is 26.6. The third-order valence-electron chi connectivity index (χ3n) is 7.60. The van der Waals surface area contributed by atoms with Gasteiger partial charge in [-0.15, -0.1) is 0 Å². The molecule has 2 aromatic heterocycles. The van der Waals surface area contributed by atoms with Crippen LogP contribution in [0.4, 0.5) is 8.78 Å². The van der Waals surface area contributed by atoms with Crippen molar-refractivity contribution in [3.63, 3.8) is 0 Å². The predicted molar refractivity (Wildman–Crippen MR) is 140 cm³/mol. The van der Waals surface area contributed by atoms with E-state index in [9.17, 15) is 8.42 Å². The number of nitrogens with two attached hydrogens (primary N) is 1. The van der Waals surface area contributed by atoms with E-state index in [2.05, 4.69) is 20.3 Å². The van der Waals surface area contributed by atoms with E-state index in [-0.39, 0.29) is 23.6 Å². The molecule has 3 atom stereocenters. The van der Waals surface area contributed by atoms with Gasteiger partial charge < -0.3 is 11.1 Å². The number of nitrogens with zero attached hydrogens (tertiary/aromatic N) is 4. The molecule has 0 radical (unpaired) electrons. The lowest BCUT2D eigenvalue weighted by molar-refractivity contribution is 0.137. The highest BCUT2D eigenvalue weighted by molar-refractivity contribution is 7.89. The van der Waals surface area contributed by atoms with Crippen molar-refractivity contribution < 1.29 is 17.2 Å². The number of halogens is 2. The zero-order valence-electron chi connectivity index (χ0n) is 20.8. The molecule has 0 bridgehead atoms. The van der Waals surface area contributed by atoms with Crippen LogP contribution in [0.2, 0.25) is 0 Å². The Morgan fingerprint density at radius 2 is 1.95 bits per heavy atom. The van der Waals surface area contributed by atoms with E-state index in [1.54, 1.807) is 12.4 Å². The smallest absolute Gasteiger partial charge is 0.250 e. The zero-order valence-corrected chi connectivity index (χ0v) is 21.6. The predicted octanol–water partition coefficient (Wildman–Crippen LogP) is 2.85. The number of hydrogen-bond acceptors (Lipinski definition) is 7. The number of fused-ring (bicyclic) bond motifs is 2. The number of hydrogen-bond donors (Lipinski definition) is 2. The van der Waals surface area contributed by atoms with Crippen molar-refractivity contribution in [1.82, 2.24) is 24.4 Å². The first-order valence-corrected chi connectivity index (χ1v) is 14.3. The molecular weight excluding hydrogens is 510 g/mol. The first-order valence-electron chi connectivity index (χ1n) is 12.5. The van der Waals surface area contributed by atoms with Gasteiger partial charge in [0.1, 0.15) is 11.6 Å². The van der Waals surface area contributed by atoms with Gasteiger partial charge >= 0.3 is 0 Å². The summed E-state index contributed by atoms with van der Waals surface area (Å²) >= 11 is 0. The number of benzene rings is 2. The minimum atomic E-state index is -3.42. The summed E-state index contributed by atoms with van der Waals surface area (Å²) in [5.41, 5.74) is 9.25. The van der Waals surface area contributed by atoms with Crippen LogP contribution in [0.3, 0.4) is 0 Å². The molecule has 11 heteroatoms. The normalized spacial score (nSPS) is 22.2. The van der Waals surface area contributed by atoms with Crippen LogP contribution < -0.4 is 11.1 Å². The summed E-state index contributed by atoms with van der Waals surface area (Å²) in [5.74, 6) is -0.982. The molecule has 3 N–H and O–H groups in total. The van der Waals surface area contributed by atoms with Gasteiger partial charge in [-0.2, -0.15) is 9.19 Å². The molecule has 2 aromatic carbocycles. The Balaban J connectivity index is 1.16. The molecule has 1 fully saturated rings. The lowest BCUT2D eigenvalue weighted by atomic mass is 9.88. The van der Waals surface area contributed by atoms with Gasteiger partial charge in [-0.1, -0.05) is 24.3 Å². The molecule has 0 spiro atoms. The number of aromatic nitrogens is 3. The van der Waals surface area contributed by atoms with Crippen LogP contribution in [0, 0.1) is 11.6 Å². The van der Waals surface area contributed by atoms with Gasteiger partial charge in [0.05, 0.1) is 23.7 Å². The van der Waals surface area contributed by atoms with E-state index in [1.807, 2.05) is 30.3 Å². The number of piperidine rings is 1. The highest BCUT2D eigenvalue weighted by Crippen LogP contribution is 2.32. The maximum atomic E-state index is 15.3. The van der Waals surface area contributed by atoms with Crippen LogP contribution in [-0.4, -0.2) is 52.4 Å². The standard InChI is InChI=1S/C27H28F2N6O2S/c1-38(36,37)35-14-18-13-34(15-26(18)33-35)19-10-24(30)27(32-12-19)21-11-22(28)17(8-23(21)29)9-25-20-5-3-2-4-16(20)6-7-31-25/h2-8,11,14,19,24,27,32H,9-10,12-13,15,30H2,1H3/t19-,24-,27+/m0/s1. The van der Waals surface area contributed by atoms with E-state index >= 15 is 8.78 Å². The fourth-order valence-electron chi connectivity index (χ4n) is 5.63. The first kappa shape index (κ1) is 25.1. The molecule has 0 unspecified atom stereocenters. The van der Waals surface area contributed by atoms with Gasteiger partial charge in [0, 0.05) is 67.0 Å². The van der Waals surface area contributed by atoms with Gasteiger partial charge in [-0.25, -0.2) is 17.2 Å². The van der Waals surface area contributed by atoms with Crippen LogP contribution in [0.5, 0.6) is 0 Å². The SMILES string of the molecule is CS(=O)(=O)n1cc2c(n1)CN([C@@H]1CN[C@H](c3cc(F)c(Cc4nccc5ccccc45)cc3F)[C@@H](N)C1)C2. The fraction of sp³-hybridized carbons (Fsp3) is 0.333. The van der Waals surface area contributed by atoms with Gasteiger partial charge in [0.2, 0.25) is 0 Å². The number of nitrogens with one attached hydrogen (secondary N) is 1. The summed E-state index contributed by atoms with van der Waals surface area (Å²) in [6.45, 7) is 1.62. The molecule has 2 aliphatic heterocycles. The third-order valence-corrected chi connectivity index (χ3v) is 8.47. The van der Waals surface area contributed by atoms with Crippen molar-refractivity contribution in [2.75, 3.05) is 12.8 Å². The fourth-order valence-corrected chi connectivity index (χ4v) is 6.19. The van der Waals surface area contributed by atoms with Crippen molar-refractivity contribution in [3.8, 4) is 0 Å². The molecule has 6 rings (SSSR count). The maximum Gasteiger partial charge on any atom is 0.250 e. The molecular formula is C27H28F2N6O2S. The summed E-state index contributed by atoms with van der Waals surface area (Å²) < 4.78 is 55.1. The second-order valence-electron chi connectivity index (χ2n) is 10.2. The monoisotopic (exact) mass is 538 g/mol. The highest BCUT2D eigenvalue weighted by Gasteiger charge is 2.36. The van der Waals surface area contributed by atoms with Gasteiger partial charge in [-0.05, 0) is 35.6 Å². The van der Waals surface area contributed by atoms with E-state index in [4.69, 9.17) is 5.73 Å². The van der Waals surface area contributed by atoms with Crippen LogP contribution in [0.1, 0.15) is 40.5 Å². The van der Waals surface area contributed by atoms with E-state index in [1.165, 1.54) is 12.1 Å². The summed E-state index contributed by atoms with van der Waals surface area (Å²) in [6, 6.07) is 11.2. The Morgan fingerprint density at radius 1 is 1.13 bits per heavy atom. The Labute approximate surface area is 219 Å². The lowest BCUT2D eigenvalue weighted by Crippen LogP contribution is -2.54. The quantitative estimate of drug-likeness (QED) is 0.403. The number of pyridine rings is 1. The minimum Gasteiger partial charge on any atom is -0.326 e. The van der Waals surface area contributed by atoms with Gasteiger partial charge in [0.25, 0.3) is 10.0 Å². The van der Waals surface area contributed by atoms with Crippen molar-refractivity contribution in [2.45, 2.75) is 44.1 Å². The van der Waals surface area contributed by atoms with Crippen molar-refractivity contribution in [2.24, 2.45) is 5.73 Å². The molecule has 198 valence electrons. The Bertz CT molecular complexity index is 1610. The Morgan fingerprint density at radius 3 is 2.71 bits per heavy atom. The van der Waals surface area contributed by atoms with Crippen molar-refractivity contribution in [1.29, 1.82) is 0 Å². The Hall–Kier alpha value is -3.25. The number of rotatable bonds is 5. The van der Waals surface area contributed by atoms with E-state index in [0.717, 1.165) is 32.4 Å². The van der Waals surface area contributed by atoms with Gasteiger partial charge in [0.15, 0.2) is 0 Å². The van der Waals surface area contributed by atoms with Crippen LogP contribution in [0.25, 0.3) is 10.8 Å². The molecule has 4 heterocycles. The average molecular weight is 539 g/mol. The first-order chi connectivity index (χ1) is 18.2. The summed E-state index contributed by atoms with van der Waals surface area (Å²) in [6.07, 6.45) is 5.11. The van der Waals surface area contributed by atoms with Crippen molar-refractivity contribution in [3.05, 3.63) is 94.6 Å². The van der Waals surface area contributed by atoms with Crippen molar-refractivity contribution >= 4 is 20.8 Å². The molecule has 4 aromatic rings. The van der Waals surface area contributed by atoms with Crippen LogP contribution in [0.15, 0.2) is 54.9 Å². The minimum absolute atomic E-state index is 0.0618. The lowest BCUT2D eigenvalue weighted by Gasteiger charge is -2.39. The second-order valence-corrected chi connectivity index (χ2v) is 12.0. The second kappa shape index (κ2) is 9.49. The molecule has 0 amide bonds. The average Bonchev–Trinajstić information content (AvgIpc) is 3.47. The van der Waals surface area contributed by atoms with E-state index < -0.39 is 33.7 Å². The topological polar surface area (TPSA) is 106 Å². The largest absolute Gasteiger partial charge is 0.326 e. The maximum absolute atomic E-state index is 15.3. The molecule has 8 nitrogen and oxygen atoms in total. The highest BCUT2D eigenvalue weighted by atomic mass is 32.2. The Kier molecular flexibility index (Phi) is 6.26.